The van der Waals surface area contributed by atoms with E-state index in [0.29, 0.717) is 0 Å². The molecule has 0 aliphatic heterocycles. The molecule has 0 aliphatic rings. The molecule has 0 amide bonds. The van der Waals surface area contributed by atoms with Crippen molar-refractivity contribution in [3.05, 3.63) is 54.6 Å². The Morgan fingerprint density at radius 1 is 1.19 bits per heavy atom. The van der Waals surface area contributed by atoms with Crippen molar-refractivity contribution in [1.82, 2.24) is 19.3 Å². The minimum absolute atomic E-state index is 0.809. The van der Waals surface area contributed by atoms with E-state index in [-0.39, 0.29) is 0 Å². The third-order valence-corrected chi connectivity index (χ3v) is 3.57. The van der Waals surface area contributed by atoms with Gasteiger partial charge in [0.15, 0.2) is 5.82 Å². The highest BCUT2D eigenvalue weighted by molar-refractivity contribution is 5.62. The minimum Gasteiger partial charge on any atom is -0.379 e. The Hall–Kier alpha value is -2.56. The maximum absolute atomic E-state index is 4.15. The summed E-state index contributed by atoms with van der Waals surface area (Å²) in [6.45, 7) is 3.95. The number of rotatable bonds is 5. The zero-order valence-electron chi connectivity index (χ0n) is 12.3. The Morgan fingerprint density at radius 3 is 2.86 bits per heavy atom. The standard InChI is InChI=1S/C16H19N5/c1-3-21-9-5-8-15(21)11-17-14-7-4-6-13(10-14)16-19-18-12-20(16)2/h4-10,12,17H,3,11H2,1-2H3. The van der Waals surface area contributed by atoms with Crippen molar-refractivity contribution in [3.63, 3.8) is 0 Å². The van der Waals surface area contributed by atoms with Gasteiger partial charge in [-0.2, -0.15) is 0 Å². The SMILES string of the molecule is CCn1cccc1CNc1cccc(-c2nncn2C)c1. The van der Waals surface area contributed by atoms with E-state index in [1.54, 1.807) is 6.33 Å². The quantitative estimate of drug-likeness (QED) is 0.782. The number of benzene rings is 1. The summed E-state index contributed by atoms with van der Waals surface area (Å²) < 4.78 is 4.15. The summed E-state index contributed by atoms with van der Waals surface area (Å²) in [4.78, 5) is 0. The van der Waals surface area contributed by atoms with Gasteiger partial charge in [-0.15, -0.1) is 10.2 Å². The van der Waals surface area contributed by atoms with Gasteiger partial charge in [-0.25, -0.2) is 0 Å². The Morgan fingerprint density at radius 2 is 2.10 bits per heavy atom. The van der Waals surface area contributed by atoms with Crippen molar-refractivity contribution in [2.45, 2.75) is 20.0 Å². The normalized spacial score (nSPS) is 10.8. The zero-order valence-corrected chi connectivity index (χ0v) is 12.3. The number of aryl methyl sites for hydroxylation is 2. The first-order valence-corrected chi connectivity index (χ1v) is 7.10. The summed E-state index contributed by atoms with van der Waals surface area (Å²) in [6.07, 6.45) is 3.82. The second-order valence-electron chi connectivity index (χ2n) is 4.99. The van der Waals surface area contributed by atoms with Crippen molar-refractivity contribution >= 4 is 5.69 Å². The summed E-state index contributed by atoms with van der Waals surface area (Å²) in [7, 11) is 1.95. The van der Waals surface area contributed by atoms with Gasteiger partial charge in [0.25, 0.3) is 0 Å². The maximum Gasteiger partial charge on any atom is 0.163 e. The predicted molar refractivity (Wildman–Crippen MR) is 83.9 cm³/mol. The molecule has 0 atom stereocenters. The van der Waals surface area contributed by atoms with E-state index in [0.717, 1.165) is 30.2 Å². The van der Waals surface area contributed by atoms with E-state index in [4.69, 9.17) is 0 Å². The van der Waals surface area contributed by atoms with Gasteiger partial charge in [0.2, 0.25) is 0 Å². The maximum atomic E-state index is 4.15. The molecular weight excluding hydrogens is 262 g/mol. The highest BCUT2D eigenvalue weighted by Crippen LogP contribution is 2.20. The first-order chi connectivity index (χ1) is 10.3. The van der Waals surface area contributed by atoms with Crippen LogP contribution in [0.3, 0.4) is 0 Å². The topological polar surface area (TPSA) is 47.7 Å². The van der Waals surface area contributed by atoms with Gasteiger partial charge in [0, 0.05) is 36.7 Å². The number of nitrogens with one attached hydrogen (secondary N) is 1. The van der Waals surface area contributed by atoms with Gasteiger partial charge in [-0.05, 0) is 31.2 Å². The first kappa shape index (κ1) is 13.4. The Bertz CT molecular complexity index is 726. The van der Waals surface area contributed by atoms with Crippen LogP contribution in [0.4, 0.5) is 5.69 Å². The number of hydrogen-bond donors (Lipinski definition) is 1. The van der Waals surface area contributed by atoms with Crippen LogP contribution in [0.15, 0.2) is 48.9 Å². The minimum atomic E-state index is 0.809. The van der Waals surface area contributed by atoms with Crippen molar-refractivity contribution in [2.24, 2.45) is 7.05 Å². The Kier molecular flexibility index (Phi) is 3.73. The average molecular weight is 281 g/mol. The Labute approximate surface area is 124 Å². The molecule has 2 heterocycles. The smallest absolute Gasteiger partial charge is 0.163 e. The molecule has 0 saturated carbocycles. The van der Waals surface area contributed by atoms with Crippen LogP contribution >= 0.6 is 0 Å². The van der Waals surface area contributed by atoms with Crippen LogP contribution in [0.5, 0.6) is 0 Å². The summed E-state index contributed by atoms with van der Waals surface area (Å²) in [6, 6.07) is 12.5. The Balaban J connectivity index is 1.76. The molecule has 1 N–H and O–H groups in total. The molecule has 3 aromatic rings. The fraction of sp³-hybridized carbons (Fsp3) is 0.250. The predicted octanol–water partition coefficient (Wildman–Crippen LogP) is 2.92. The van der Waals surface area contributed by atoms with Crippen molar-refractivity contribution < 1.29 is 0 Å². The second kappa shape index (κ2) is 5.83. The van der Waals surface area contributed by atoms with E-state index < -0.39 is 0 Å². The van der Waals surface area contributed by atoms with E-state index >= 15 is 0 Å². The molecule has 5 heteroatoms. The van der Waals surface area contributed by atoms with E-state index in [1.807, 2.05) is 23.7 Å². The van der Waals surface area contributed by atoms with Crippen LogP contribution in [-0.4, -0.2) is 19.3 Å². The third kappa shape index (κ3) is 2.81. The van der Waals surface area contributed by atoms with Crippen LogP contribution in [0.2, 0.25) is 0 Å². The van der Waals surface area contributed by atoms with E-state index in [2.05, 4.69) is 57.5 Å². The van der Waals surface area contributed by atoms with E-state index in [9.17, 15) is 0 Å². The molecule has 0 saturated heterocycles. The molecule has 21 heavy (non-hydrogen) atoms. The highest BCUT2D eigenvalue weighted by Gasteiger charge is 2.05. The van der Waals surface area contributed by atoms with E-state index in [1.165, 1.54) is 5.69 Å². The molecule has 3 rings (SSSR count). The molecule has 0 spiro atoms. The van der Waals surface area contributed by atoms with Gasteiger partial charge in [0.1, 0.15) is 6.33 Å². The van der Waals surface area contributed by atoms with Gasteiger partial charge >= 0.3 is 0 Å². The van der Waals surface area contributed by atoms with Crippen LogP contribution in [0.1, 0.15) is 12.6 Å². The molecular formula is C16H19N5. The highest BCUT2D eigenvalue weighted by atomic mass is 15.2. The number of hydrogen-bond acceptors (Lipinski definition) is 3. The first-order valence-electron chi connectivity index (χ1n) is 7.10. The molecule has 0 bridgehead atoms. The van der Waals surface area contributed by atoms with Gasteiger partial charge < -0.3 is 14.5 Å². The summed E-state index contributed by atoms with van der Waals surface area (Å²) >= 11 is 0. The number of anilines is 1. The van der Waals surface area contributed by atoms with Crippen LogP contribution in [-0.2, 0) is 20.1 Å². The molecule has 1 aromatic carbocycles. The van der Waals surface area contributed by atoms with Crippen molar-refractivity contribution in [2.75, 3.05) is 5.32 Å². The molecule has 0 aliphatic carbocycles. The molecule has 0 unspecified atom stereocenters. The van der Waals surface area contributed by atoms with Crippen LogP contribution in [0.25, 0.3) is 11.4 Å². The van der Waals surface area contributed by atoms with Crippen LogP contribution < -0.4 is 5.32 Å². The summed E-state index contributed by atoms with van der Waals surface area (Å²) in [5.74, 6) is 0.871. The molecule has 108 valence electrons. The summed E-state index contributed by atoms with van der Waals surface area (Å²) in [5.41, 5.74) is 3.42. The molecule has 2 aromatic heterocycles. The van der Waals surface area contributed by atoms with Crippen molar-refractivity contribution in [1.29, 1.82) is 0 Å². The molecule has 5 nitrogen and oxygen atoms in total. The lowest BCUT2D eigenvalue weighted by Crippen LogP contribution is -2.06. The summed E-state index contributed by atoms with van der Waals surface area (Å²) in [5, 5.41) is 11.5. The number of aromatic nitrogens is 4. The third-order valence-electron chi connectivity index (χ3n) is 3.57. The van der Waals surface area contributed by atoms with Gasteiger partial charge in [0.05, 0.1) is 6.54 Å². The fourth-order valence-electron chi connectivity index (χ4n) is 2.42. The second-order valence-corrected chi connectivity index (χ2v) is 4.99. The van der Waals surface area contributed by atoms with Crippen LogP contribution in [0, 0.1) is 0 Å². The van der Waals surface area contributed by atoms with Gasteiger partial charge in [-0.3, -0.25) is 0 Å². The lowest BCUT2D eigenvalue weighted by atomic mass is 10.2. The van der Waals surface area contributed by atoms with Gasteiger partial charge in [-0.1, -0.05) is 12.1 Å². The zero-order chi connectivity index (χ0) is 14.7. The molecule has 0 fully saturated rings. The fourth-order valence-corrected chi connectivity index (χ4v) is 2.42. The number of nitrogens with zero attached hydrogens (tertiary/aromatic N) is 4. The lowest BCUT2D eigenvalue weighted by molar-refractivity contribution is 0.724. The lowest BCUT2D eigenvalue weighted by Gasteiger charge is -2.10. The average Bonchev–Trinajstić information content (AvgIpc) is 3.13. The molecule has 0 radical (unpaired) electrons. The monoisotopic (exact) mass is 281 g/mol. The largest absolute Gasteiger partial charge is 0.379 e. The van der Waals surface area contributed by atoms with Crippen molar-refractivity contribution in [3.8, 4) is 11.4 Å².